The van der Waals surface area contributed by atoms with Crippen LogP contribution in [-0.2, 0) is 0 Å². The van der Waals surface area contributed by atoms with Crippen molar-refractivity contribution in [3.63, 3.8) is 0 Å². The zero-order chi connectivity index (χ0) is 16.1. The lowest BCUT2D eigenvalue weighted by atomic mass is 10.2. The molecule has 1 N–H and O–H groups in total. The quantitative estimate of drug-likeness (QED) is 0.746. The molecule has 1 amide bonds. The minimum atomic E-state index is -0.326. The van der Waals surface area contributed by atoms with Gasteiger partial charge in [-0.3, -0.25) is 4.79 Å². The second kappa shape index (κ2) is 7.73. The first-order valence-corrected chi connectivity index (χ1v) is 7.83. The number of hydrogen-bond donors (Lipinski definition) is 1. The molecule has 6 heteroatoms. The van der Waals surface area contributed by atoms with Gasteiger partial charge in [0.05, 0.1) is 16.7 Å². The van der Waals surface area contributed by atoms with Gasteiger partial charge in [-0.25, -0.2) is 0 Å². The molecule has 2 aromatic carbocycles. The molecule has 0 saturated heterocycles. The van der Waals surface area contributed by atoms with Gasteiger partial charge in [0.1, 0.15) is 0 Å². The van der Waals surface area contributed by atoms with Gasteiger partial charge in [-0.05, 0) is 36.8 Å². The Morgan fingerprint density at radius 3 is 2.41 bits per heavy atom. The highest BCUT2D eigenvalue weighted by molar-refractivity contribution is 6.37. The first-order valence-electron chi connectivity index (χ1n) is 6.70. The SMILES string of the molecule is CCCOc1c(Cl)cc(C(=O)Nc2cccc(Cl)c2)cc1Cl. The monoisotopic (exact) mass is 357 g/mol. The molecular formula is C16H14Cl3NO2. The van der Waals surface area contributed by atoms with Crippen LogP contribution in [0.15, 0.2) is 36.4 Å². The van der Waals surface area contributed by atoms with Crippen LogP contribution in [0.3, 0.4) is 0 Å². The van der Waals surface area contributed by atoms with E-state index < -0.39 is 0 Å². The maximum Gasteiger partial charge on any atom is 0.255 e. The van der Waals surface area contributed by atoms with Crippen LogP contribution in [0.4, 0.5) is 5.69 Å². The minimum Gasteiger partial charge on any atom is -0.490 e. The van der Waals surface area contributed by atoms with E-state index in [0.29, 0.717) is 38.7 Å². The molecule has 0 aromatic heterocycles. The highest BCUT2D eigenvalue weighted by Gasteiger charge is 2.14. The van der Waals surface area contributed by atoms with Gasteiger partial charge in [0.25, 0.3) is 5.91 Å². The molecular weight excluding hydrogens is 345 g/mol. The number of hydrogen-bond acceptors (Lipinski definition) is 2. The number of amides is 1. The van der Waals surface area contributed by atoms with Crippen molar-refractivity contribution in [2.75, 3.05) is 11.9 Å². The Bertz CT molecular complexity index is 666. The summed E-state index contributed by atoms with van der Waals surface area (Å²) < 4.78 is 5.47. The number of carbonyl (C=O) groups is 1. The molecule has 0 aliphatic carbocycles. The zero-order valence-electron chi connectivity index (χ0n) is 11.8. The maximum absolute atomic E-state index is 12.2. The van der Waals surface area contributed by atoms with E-state index in [-0.39, 0.29) is 5.91 Å². The van der Waals surface area contributed by atoms with Crippen molar-refractivity contribution in [2.45, 2.75) is 13.3 Å². The highest BCUT2D eigenvalue weighted by atomic mass is 35.5. The Morgan fingerprint density at radius 1 is 1.14 bits per heavy atom. The van der Waals surface area contributed by atoms with E-state index in [1.54, 1.807) is 24.3 Å². The van der Waals surface area contributed by atoms with Gasteiger partial charge in [0.15, 0.2) is 5.75 Å². The predicted octanol–water partition coefficient (Wildman–Crippen LogP) is 5.69. The topological polar surface area (TPSA) is 38.3 Å². The minimum absolute atomic E-state index is 0.303. The Balaban J connectivity index is 2.20. The Morgan fingerprint density at radius 2 is 1.82 bits per heavy atom. The second-order valence-corrected chi connectivity index (χ2v) is 5.83. The van der Waals surface area contributed by atoms with E-state index in [1.807, 2.05) is 6.92 Å². The van der Waals surface area contributed by atoms with Crippen molar-refractivity contribution in [3.8, 4) is 5.75 Å². The molecule has 3 nitrogen and oxygen atoms in total. The van der Waals surface area contributed by atoms with Crippen LogP contribution in [-0.4, -0.2) is 12.5 Å². The molecule has 2 aromatic rings. The molecule has 116 valence electrons. The lowest BCUT2D eigenvalue weighted by molar-refractivity contribution is 0.102. The summed E-state index contributed by atoms with van der Waals surface area (Å²) in [5.41, 5.74) is 0.940. The van der Waals surface area contributed by atoms with Gasteiger partial charge in [0.2, 0.25) is 0 Å². The van der Waals surface area contributed by atoms with E-state index in [0.717, 1.165) is 6.42 Å². The summed E-state index contributed by atoms with van der Waals surface area (Å²) in [5, 5.41) is 3.88. The van der Waals surface area contributed by atoms with E-state index >= 15 is 0 Å². The van der Waals surface area contributed by atoms with E-state index in [9.17, 15) is 4.79 Å². The fourth-order valence-corrected chi connectivity index (χ4v) is 2.59. The van der Waals surface area contributed by atoms with Gasteiger partial charge in [0, 0.05) is 16.3 Å². The molecule has 0 spiro atoms. The molecule has 0 aliphatic heterocycles. The molecule has 2 rings (SSSR count). The van der Waals surface area contributed by atoms with E-state index in [2.05, 4.69) is 5.32 Å². The number of rotatable bonds is 5. The van der Waals surface area contributed by atoms with Gasteiger partial charge < -0.3 is 10.1 Å². The third-order valence-electron chi connectivity index (χ3n) is 2.79. The summed E-state index contributed by atoms with van der Waals surface area (Å²) in [6, 6.07) is 9.92. The third-order valence-corrected chi connectivity index (χ3v) is 3.59. The number of ether oxygens (including phenoxy) is 1. The summed E-state index contributed by atoms with van der Waals surface area (Å²) in [5.74, 6) is 0.0672. The van der Waals surface area contributed by atoms with E-state index in [1.165, 1.54) is 12.1 Å². The van der Waals surface area contributed by atoms with Crippen molar-refractivity contribution >= 4 is 46.4 Å². The average Bonchev–Trinajstić information content (AvgIpc) is 2.46. The normalized spacial score (nSPS) is 10.4. The summed E-state index contributed by atoms with van der Waals surface area (Å²) in [7, 11) is 0. The smallest absolute Gasteiger partial charge is 0.255 e. The van der Waals surface area contributed by atoms with Gasteiger partial charge >= 0.3 is 0 Å². The fraction of sp³-hybridized carbons (Fsp3) is 0.188. The van der Waals surface area contributed by atoms with Gasteiger partial charge in [-0.15, -0.1) is 0 Å². The molecule has 0 heterocycles. The third kappa shape index (κ3) is 4.29. The molecule has 0 aliphatic rings. The Labute approximate surface area is 144 Å². The van der Waals surface area contributed by atoms with Crippen LogP contribution < -0.4 is 10.1 Å². The van der Waals surface area contributed by atoms with Crippen molar-refractivity contribution in [3.05, 3.63) is 57.0 Å². The summed E-state index contributed by atoms with van der Waals surface area (Å²) >= 11 is 18.1. The van der Waals surface area contributed by atoms with Gasteiger partial charge in [-0.1, -0.05) is 47.8 Å². The molecule has 22 heavy (non-hydrogen) atoms. The number of benzene rings is 2. The molecule has 0 bridgehead atoms. The standard InChI is InChI=1S/C16H14Cl3NO2/c1-2-6-22-15-13(18)7-10(8-14(15)19)16(21)20-12-5-3-4-11(17)9-12/h3-5,7-9H,2,6H2,1H3,(H,20,21). The van der Waals surface area contributed by atoms with Crippen LogP contribution in [0.1, 0.15) is 23.7 Å². The van der Waals surface area contributed by atoms with Crippen molar-refractivity contribution < 1.29 is 9.53 Å². The highest BCUT2D eigenvalue weighted by Crippen LogP contribution is 2.34. The largest absolute Gasteiger partial charge is 0.490 e. The average molecular weight is 359 g/mol. The summed E-state index contributed by atoms with van der Waals surface area (Å²) in [4.78, 5) is 12.2. The van der Waals surface area contributed by atoms with Gasteiger partial charge in [-0.2, -0.15) is 0 Å². The van der Waals surface area contributed by atoms with Crippen LogP contribution in [0.5, 0.6) is 5.75 Å². The molecule has 0 saturated carbocycles. The molecule has 0 radical (unpaired) electrons. The maximum atomic E-state index is 12.2. The van der Waals surface area contributed by atoms with E-state index in [4.69, 9.17) is 39.5 Å². The van der Waals surface area contributed by atoms with Crippen LogP contribution in [0, 0.1) is 0 Å². The van der Waals surface area contributed by atoms with Crippen molar-refractivity contribution in [2.24, 2.45) is 0 Å². The van der Waals surface area contributed by atoms with Crippen LogP contribution in [0.2, 0.25) is 15.1 Å². The van der Waals surface area contributed by atoms with Crippen LogP contribution in [0.25, 0.3) is 0 Å². The number of anilines is 1. The first-order chi connectivity index (χ1) is 10.5. The fourth-order valence-electron chi connectivity index (χ4n) is 1.80. The Hall–Kier alpha value is -1.42. The zero-order valence-corrected chi connectivity index (χ0v) is 14.1. The van der Waals surface area contributed by atoms with Crippen molar-refractivity contribution in [1.82, 2.24) is 0 Å². The first kappa shape index (κ1) is 16.9. The van der Waals surface area contributed by atoms with Crippen LogP contribution >= 0.6 is 34.8 Å². The lowest BCUT2D eigenvalue weighted by Crippen LogP contribution is -2.12. The molecule has 0 fully saturated rings. The molecule has 0 unspecified atom stereocenters. The Kier molecular flexibility index (Phi) is 5.95. The second-order valence-electron chi connectivity index (χ2n) is 4.58. The molecule has 0 atom stereocenters. The number of carbonyl (C=O) groups excluding carboxylic acids is 1. The predicted molar refractivity (Wildman–Crippen MR) is 91.7 cm³/mol. The van der Waals surface area contributed by atoms with Crippen molar-refractivity contribution in [1.29, 1.82) is 0 Å². The lowest BCUT2D eigenvalue weighted by Gasteiger charge is -2.11. The number of nitrogens with one attached hydrogen (secondary N) is 1. The summed E-state index contributed by atoms with van der Waals surface area (Å²) in [6.07, 6.45) is 0.837. The summed E-state index contributed by atoms with van der Waals surface area (Å²) in [6.45, 7) is 2.49. The number of halogens is 3.